The first-order valence-corrected chi connectivity index (χ1v) is 7.87. The van der Waals surface area contributed by atoms with Gasteiger partial charge in [0.15, 0.2) is 0 Å². The number of rotatable bonds is 5. The average Bonchev–Trinajstić information content (AvgIpc) is 2.48. The fourth-order valence-corrected chi connectivity index (χ4v) is 2.91. The molecule has 1 aromatic rings. The molecule has 21 heavy (non-hydrogen) atoms. The highest BCUT2D eigenvalue weighted by Gasteiger charge is 2.23. The number of nitrogens with one attached hydrogen (secondary N) is 1. The smallest absolute Gasteiger partial charge is 0.234 e. The lowest BCUT2D eigenvalue weighted by atomic mass is 10.0. The highest BCUT2D eigenvalue weighted by atomic mass is 35.5. The van der Waals surface area contributed by atoms with E-state index in [9.17, 15) is 9.90 Å². The number of hydrogen-bond acceptors (Lipinski definition) is 3. The maximum atomic E-state index is 12.2. The summed E-state index contributed by atoms with van der Waals surface area (Å²) in [5.74, 6) is -0.00204. The molecular formula is C16H23ClN2O2. The summed E-state index contributed by atoms with van der Waals surface area (Å²) in [6.45, 7) is 3.32. The summed E-state index contributed by atoms with van der Waals surface area (Å²) in [4.78, 5) is 14.2. The molecule has 2 rings (SSSR count). The van der Waals surface area contributed by atoms with Crippen LogP contribution in [0.3, 0.4) is 0 Å². The van der Waals surface area contributed by atoms with Gasteiger partial charge in [0.25, 0.3) is 0 Å². The Morgan fingerprint density at radius 3 is 2.81 bits per heavy atom. The van der Waals surface area contributed by atoms with Crippen LogP contribution in [0.1, 0.15) is 37.8 Å². The summed E-state index contributed by atoms with van der Waals surface area (Å²) < 4.78 is 0. The van der Waals surface area contributed by atoms with Crippen LogP contribution in [0, 0.1) is 0 Å². The van der Waals surface area contributed by atoms with E-state index in [1.165, 1.54) is 0 Å². The molecule has 2 atom stereocenters. The first kappa shape index (κ1) is 16.3. The van der Waals surface area contributed by atoms with Crippen molar-refractivity contribution in [1.82, 2.24) is 10.2 Å². The van der Waals surface area contributed by atoms with E-state index in [2.05, 4.69) is 10.2 Å². The minimum Gasteiger partial charge on any atom is -0.395 e. The lowest BCUT2D eigenvalue weighted by Gasteiger charge is -2.34. The first-order chi connectivity index (χ1) is 10.1. The summed E-state index contributed by atoms with van der Waals surface area (Å²) in [7, 11) is 0. The van der Waals surface area contributed by atoms with E-state index < -0.39 is 0 Å². The number of aliphatic hydroxyl groups excluding tert-OH is 1. The Balaban J connectivity index is 1.87. The van der Waals surface area contributed by atoms with E-state index >= 15 is 0 Å². The Labute approximate surface area is 131 Å². The molecule has 0 radical (unpaired) electrons. The number of hydrogen-bond donors (Lipinski definition) is 2. The van der Waals surface area contributed by atoms with E-state index in [4.69, 9.17) is 11.6 Å². The van der Waals surface area contributed by atoms with Gasteiger partial charge < -0.3 is 10.4 Å². The Morgan fingerprint density at radius 1 is 1.43 bits per heavy atom. The van der Waals surface area contributed by atoms with Crippen LogP contribution < -0.4 is 5.32 Å². The number of aliphatic hydroxyl groups is 1. The van der Waals surface area contributed by atoms with Crippen molar-refractivity contribution in [3.05, 3.63) is 34.9 Å². The van der Waals surface area contributed by atoms with Crippen molar-refractivity contribution >= 4 is 17.5 Å². The molecule has 0 aliphatic carbocycles. The van der Waals surface area contributed by atoms with Crippen LogP contribution in [0.4, 0.5) is 0 Å². The molecule has 2 N–H and O–H groups in total. The molecule has 2 unspecified atom stereocenters. The molecule has 116 valence electrons. The lowest BCUT2D eigenvalue weighted by Crippen LogP contribution is -2.47. The molecule has 1 heterocycles. The largest absolute Gasteiger partial charge is 0.395 e. The highest BCUT2D eigenvalue weighted by molar-refractivity contribution is 6.30. The number of carbonyl (C=O) groups is 1. The van der Waals surface area contributed by atoms with Crippen molar-refractivity contribution in [2.75, 3.05) is 19.7 Å². The van der Waals surface area contributed by atoms with Crippen LogP contribution in [0.25, 0.3) is 0 Å². The second-order valence-corrected chi connectivity index (χ2v) is 6.08. The summed E-state index contributed by atoms with van der Waals surface area (Å²) in [6, 6.07) is 7.57. The molecule has 0 aromatic heterocycles. The van der Waals surface area contributed by atoms with Gasteiger partial charge in [-0.15, -0.1) is 0 Å². The number of benzene rings is 1. The quantitative estimate of drug-likeness (QED) is 0.878. The topological polar surface area (TPSA) is 52.6 Å². The predicted octanol–water partition coefficient (Wildman–Crippen LogP) is 2.36. The van der Waals surface area contributed by atoms with Gasteiger partial charge in [-0.25, -0.2) is 0 Å². The molecule has 4 nitrogen and oxygen atoms in total. The van der Waals surface area contributed by atoms with Gasteiger partial charge in [0.05, 0.1) is 19.2 Å². The Morgan fingerprint density at radius 2 is 2.14 bits per heavy atom. The Kier molecular flexibility index (Phi) is 6.03. The Bertz CT molecular complexity index is 464. The zero-order valence-electron chi connectivity index (χ0n) is 12.4. The van der Waals surface area contributed by atoms with Crippen LogP contribution in [-0.2, 0) is 4.79 Å². The minimum absolute atomic E-state index is 0.00204. The van der Waals surface area contributed by atoms with Gasteiger partial charge in [-0.3, -0.25) is 9.69 Å². The third-order valence-electron chi connectivity index (χ3n) is 4.05. The second-order valence-electron chi connectivity index (χ2n) is 5.64. The van der Waals surface area contributed by atoms with Crippen molar-refractivity contribution < 1.29 is 9.90 Å². The van der Waals surface area contributed by atoms with E-state index in [-0.39, 0.29) is 24.6 Å². The van der Waals surface area contributed by atoms with Crippen molar-refractivity contribution in [2.45, 2.75) is 38.3 Å². The normalized spacial score (nSPS) is 21.0. The van der Waals surface area contributed by atoms with E-state index in [1.807, 2.05) is 31.2 Å². The molecule has 0 bridgehead atoms. The van der Waals surface area contributed by atoms with Crippen LogP contribution in [0.5, 0.6) is 0 Å². The number of carbonyl (C=O) groups excluding carboxylic acids is 1. The maximum absolute atomic E-state index is 12.2. The number of amides is 1. The number of nitrogens with zero attached hydrogens (tertiary/aromatic N) is 1. The van der Waals surface area contributed by atoms with Crippen LogP contribution in [0.15, 0.2) is 24.3 Å². The molecule has 5 heteroatoms. The van der Waals surface area contributed by atoms with Gasteiger partial charge in [0.1, 0.15) is 0 Å². The summed E-state index contributed by atoms with van der Waals surface area (Å²) in [5, 5.41) is 13.1. The van der Waals surface area contributed by atoms with Gasteiger partial charge in [0.2, 0.25) is 5.91 Å². The molecule has 1 fully saturated rings. The summed E-state index contributed by atoms with van der Waals surface area (Å²) >= 11 is 5.87. The Hall–Kier alpha value is -1.10. The third-order valence-corrected chi connectivity index (χ3v) is 4.31. The highest BCUT2D eigenvalue weighted by Crippen LogP contribution is 2.18. The predicted molar refractivity (Wildman–Crippen MR) is 84.3 cm³/mol. The third kappa shape index (κ3) is 4.70. The van der Waals surface area contributed by atoms with Crippen molar-refractivity contribution in [3.63, 3.8) is 0 Å². The van der Waals surface area contributed by atoms with E-state index in [1.54, 1.807) is 0 Å². The lowest BCUT2D eigenvalue weighted by molar-refractivity contribution is -0.124. The van der Waals surface area contributed by atoms with Crippen LogP contribution in [-0.4, -0.2) is 41.7 Å². The van der Waals surface area contributed by atoms with Gasteiger partial charge in [0, 0.05) is 11.1 Å². The molecule has 1 amide bonds. The van der Waals surface area contributed by atoms with E-state index in [0.717, 1.165) is 31.4 Å². The molecular weight excluding hydrogens is 288 g/mol. The van der Waals surface area contributed by atoms with Gasteiger partial charge >= 0.3 is 0 Å². The molecule has 0 spiro atoms. The summed E-state index contributed by atoms with van der Waals surface area (Å²) in [5.41, 5.74) is 1.03. The average molecular weight is 311 g/mol. The molecule has 1 saturated heterocycles. The van der Waals surface area contributed by atoms with Gasteiger partial charge in [-0.05, 0) is 44.0 Å². The summed E-state index contributed by atoms with van der Waals surface area (Å²) in [6.07, 6.45) is 3.19. The number of halogens is 1. The second kappa shape index (κ2) is 7.78. The van der Waals surface area contributed by atoms with Gasteiger partial charge in [-0.2, -0.15) is 0 Å². The van der Waals surface area contributed by atoms with Gasteiger partial charge in [-0.1, -0.05) is 30.2 Å². The zero-order valence-corrected chi connectivity index (χ0v) is 13.1. The van der Waals surface area contributed by atoms with Crippen LogP contribution >= 0.6 is 11.6 Å². The maximum Gasteiger partial charge on any atom is 0.234 e. The molecule has 0 saturated carbocycles. The standard InChI is InChI=1S/C16H23ClN2O2/c1-12(13-5-7-14(17)8-6-13)18-16(21)10-19-9-3-2-4-15(19)11-20/h5-8,12,15,20H,2-4,9-11H2,1H3,(H,18,21). The van der Waals surface area contributed by atoms with Crippen molar-refractivity contribution in [2.24, 2.45) is 0 Å². The van der Waals surface area contributed by atoms with Crippen molar-refractivity contribution in [1.29, 1.82) is 0 Å². The molecule has 1 aromatic carbocycles. The minimum atomic E-state index is -0.0490. The fourth-order valence-electron chi connectivity index (χ4n) is 2.78. The van der Waals surface area contributed by atoms with E-state index in [0.29, 0.717) is 11.6 Å². The van der Waals surface area contributed by atoms with Crippen LogP contribution in [0.2, 0.25) is 5.02 Å². The molecule has 1 aliphatic rings. The first-order valence-electron chi connectivity index (χ1n) is 7.50. The monoisotopic (exact) mass is 310 g/mol. The molecule has 1 aliphatic heterocycles. The number of piperidine rings is 1. The fraction of sp³-hybridized carbons (Fsp3) is 0.562. The van der Waals surface area contributed by atoms with Crippen molar-refractivity contribution in [3.8, 4) is 0 Å². The number of likely N-dealkylation sites (tertiary alicyclic amines) is 1. The SMILES string of the molecule is CC(NC(=O)CN1CCCCC1CO)c1ccc(Cl)cc1. The zero-order chi connectivity index (χ0) is 15.2.